The summed E-state index contributed by atoms with van der Waals surface area (Å²) in [6, 6.07) is 0. The Balaban J connectivity index is 1.99. The molecular weight excluding hydrogens is 322 g/mol. The van der Waals surface area contributed by atoms with Crippen LogP contribution in [0, 0.1) is 0 Å². The lowest BCUT2D eigenvalue weighted by atomic mass is 9.97. The number of nitrogens with zero attached hydrogens (tertiary/aromatic N) is 2. The molecule has 6 nitrogen and oxygen atoms in total. The van der Waals surface area contributed by atoms with E-state index in [2.05, 4.69) is 9.71 Å². The molecule has 1 atom stereocenters. The highest BCUT2D eigenvalue weighted by Gasteiger charge is 2.35. The fraction of sp³-hybridized carbons (Fsp3) is 0.545. The van der Waals surface area contributed by atoms with E-state index in [1.807, 2.05) is 6.92 Å². The number of halogens is 1. The maximum atomic E-state index is 12.6. The lowest BCUT2D eigenvalue weighted by Gasteiger charge is -2.33. The molecule has 1 N–H and O–H groups in total. The molecule has 0 radical (unpaired) electrons. The molecule has 1 unspecified atom stereocenters. The van der Waals surface area contributed by atoms with Gasteiger partial charge in [-0.1, -0.05) is 11.6 Å². The molecule has 1 fully saturated rings. The summed E-state index contributed by atoms with van der Waals surface area (Å²) >= 11 is 7.31. The average molecular weight is 336 g/mol. The van der Waals surface area contributed by atoms with Gasteiger partial charge in [-0.05, 0) is 19.8 Å². The number of thiazole rings is 1. The highest BCUT2D eigenvalue weighted by atomic mass is 35.5. The minimum absolute atomic E-state index is 0.00956. The van der Waals surface area contributed by atoms with Gasteiger partial charge in [-0.3, -0.25) is 4.40 Å². The number of hydrogen-bond acceptors (Lipinski definition) is 5. The van der Waals surface area contributed by atoms with E-state index < -0.39 is 15.6 Å². The van der Waals surface area contributed by atoms with E-state index in [0.717, 1.165) is 12.8 Å². The Bertz CT molecular complexity index is 731. The molecule has 0 aliphatic carbocycles. The molecule has 0 amide bonds. The molecule has 1 aliphatic rings. The molecule has 1 aliphatic heterocycles. The van der Waals surface area contributed by atoms with Crippen LogP contribution in [0.1, 0.15) is 19.8 Å². The van der Waals surface area contributed by atoms with Crippen molar-refractivity contribution >= 4 is 37.9 Å². The fourth-order valence-electron chi connectivity index (χ4n) is 2.37. The van der Waals surface area contributed by atoms with Crippen molar-refractivity contribution in [2.45, 2.75) is 30.3 Å². The maximum absolute atomic E-state index is 12.6. The molecule has 0 aromatic carbocycles. The largest absolute Gasteiger partial charge is 0.380 e. The zero-order valence-corrected chi connectivity index (χ0v) is 13.2. The molecule has 1 saturated heterocycles. The number of fused-ring (bicyclic) bond motifs is 1. The fourth-order valence-corrected chi connectivity index (χ4v) is 5.24. The van der Waals surface area contributed by atoms with E-state index in [1.54, 1.807) is 11.6 Å². The van der Waals surface area contributed by atoms with Gasteiger partial charge in [0, 0.05) is 18.2 Å². The highest BCUT2D eigenvalue weighted by molar-refractivity contribution is 7.89. The van der Waals surface area contributed by atoms with Crippen LogP contribution in [0.25, 0.3) is 4.96 Å². The van der Waals surface area contributed by atoms with Crippen LogP contribution in [0.15, 0.2) is 16.6 Å². The second-order valence-electron chi connectivity index (χ2n) is 5.09. The summed E-state index contributed by atoms with van der Waals surface area (Å²) in [7, 11) is -3.76. The van der Waals surface area contributed by atoms with Crippen LogP contribution in [0.2, 0.25) is 5.15 Å². The van der Waals surface area contributed by atoms with E-state index in [9.17, 15) is 8.42 Å². The van der Waals surface area contributed by atoms with Gasteiger partial charge >= 0.3 is 0 Å². The smallest absolute Gasteiger partial charge is 0.260 e. The summed E-state index contributed by atoms with van der Waals surface area (Å²) < 4.78 is 34.7. The predicted octanol–water partition coefficient (Wildman–Crippen LogP) is 1.90. The number of ether oxygens (including phenoxy) is 1. The molecule has 9 heteroatoms. The monoisotopic (exact) mass is 335 g/mol. The van der Waals surface area contributed by atoms with Gasteiger partial charge in [-0.15, -0.1) is 11.3 Å². The Morgan fingerprint density at radius 1 is 1.60 bits per heavy atom. The van der Waals surface area contributed by atoms with Gasteiger partial charge in [0.15, 0.2) is 15.1 Å². The van der Waals surface area contributed by atoms with E-state index >= 15 is 0 Å². The first-order chi connectivity index (χ1) is 9.41. The minimum Gasteiger partial charge on any atom is -0.380 e. The lowest BCUT2D eigenvalue weighted by molar-refractivity contribution is 0.0386. The lowest BCUT2D eigenvalue weighted by Crippen LogP contribution is -2.51. The number of imidazole rings is 1. The molecule has 0 bridgehead atoms. The van der Waals surface area contributed by atoms with Gasteiger partial charge in [0.05, 0.1) is 12.1 Å². The van der Waals surface area contributed by atoms with Gasteiger partial charge < -0.3 is 4.74 Å². The Morgan fingerprint density at radius 3 is 3.10 bits per heavy atom. The van der Waals surface area contributed by atoms with E-state index in [1.165, 1.54) is 15.7 Å². The summed E-state index contributed by atoms with van der Waals surface area (Å²) in [4.78, 5) is 4.61. The normalized spacial score (nSPS) is 24.3. The van der Waals surface area contributed by atoms with E-state index in [-0.39, 0.29) is 10.2 Å². The topological polar surface area (TPSA) is 72.7 Å². The summed E-state index contributed by atoms with van der Waals surface area (Å²) in [6.45, 7) is 2.86. The Kier molecular flexibility index (Phi) is 3.54. The van der Waals surface area contributed by atoms with Crippen LogP contribution >= 0.6 is 22.9 Å². The molecule has 2 aromatic heterocycles. The van der Waals surface area contributed by atoms with Gasteiger partial charge in [-0.2, -0.15) is 0 Å². The van der Waals surface area contributed by atoms with Crippen molar-refractivity contribution in [3.05, 3.63) is 16.7 Å². The second kappa shape index (κ2) is 4.96. The number of hydrogen-bond donors (Lipinski definition) is 1. The molecule has 3 rings (SSSR count). The van der Waals surface area contributed by atoms with Crippen molar-refractivity contribution in [2.75, 3.05) is 13.2 Å². The third-order valence-corrected chi connectivity index (χ3v) is 6.04. The Morgan fingerprint density at radius 2 is 2.40 bits per heavy atom. The van der Waals surface area contributed by atoms with Crippen LogP contribution in [0.3, 0.4) is 0 Å². The maximum Gasteiger partial charge on any atom is 0.260 e. The summed E-state index contributed by atoms with van der Waals surface area (Å²) in [5, 5.41) is 1.75. The quantitative estimate of drug-likeness (QED) is 0.929. The number of aromatic nitrogens is 2. The average Bonchev–Trinajstić information content (AvgIpc) is 2.87. The Labute approximate surface area is 125 Å². The van der Waals surface area contributed by atoms with Crippen LogP contribution in [0.5, 0.6) is 0 Å². The minimum atomic E-state index is -3.76. The van der Waals surface area contributed by atoms with Crippen LogP contribution in [-0.2, 0) is 14.8 Å². The zero-order chi connectivity index (χ0) is 14.4. The van der Waals surface area contributed by atoms with Crippen LogP contribution < -0.4 is 4.72 Å². The van der Waals surface area contributed by atoms with Crippen molar-refractivity contribution in [1.82, 2.24) is 14.1 Å². The van der Waals surface area contributed by atoms with E-state index in [0.29, 0.717) is 18.2 Å². The van der Waals surface area contributed by atoms with Crippen molar-refractivity contribution in [3.63, 3.8) is 0 Å². The third kappa shape index (κ3) is 2.46. The first-order valence-corrected chi connectivity index (χ1v) is 8.88. The third-order valence-electron chi connectivity index (χ3n) is 3.25. The Hall–Kier alpha value is -0.670. The SMILES string of the molecule is CC1(NS(=O)(=O)c2c(Cl)nc3sccn23)CCCOC1. The predicted molar refractivity (Wildman–Crippen MR) is 76.9 cm³/mol. The van der Waals surface area contributed by atoms with Gasteiger partial charge in [0.25, 0.3) is 10.0 Å². The molecule has 20 heavy (non-hydrogen) atoms. The first kappa shape index (κ1) is 14.3. The van der Waals surface area contributed by atoms with Gasteiger partial charge in [-0.25, -0.2) is 18.1 Å². The standard InChI is InChI=1S/C11H14ClN3O3S2/c1-11(3-2-5-18-7-11)14-20(16,17)9-8(12)13-10-15(9)4-6-19-10/h4,6,14H,2-3,5,7H2,1H3. The molecule has 3 heterocycles. The second-order valence-corrected chi connectivity index (χ2v) is 7.91. The van der Waals surface area contributed by atoms with Gasteiger partial charge in [0.2, 0.25) is 0 Å². The molecular formula is C11H14ClN3O3S2. The van der Waals surface area contributed by atoms with Crippen molar-refractivity contribution in [3.8, 4) is 0 Å². The van der Waals surface area contributed by atoms with E-state index in [4.69, 9.17) is 16.3 Å². The summed E-state index contributed by atoms with van der Waals surface area (Å²) in [5.41, 5.74) is -0.611. The molecule has 110 valence electrons. The first-order valence-electron chi connectivity index (χ1n) is 6.14. The van der Waals surface area contributed by atoms with Gasteiger partial charge in [0.1, 0.15) is 0 Å². The highest BCUT2D eigenvalue weighted by Crippen LogP contribution is 2.28. The summed E-state index contributed by atoms with van der Waals surface area (Å²) in [6.07, 6.45) is 3.20. The van der Waals surface area contributed by atoms with Crippen molar-refractivity contribution in [2.24, 2.45) is 0 Å². The van der Waals surface area contributed by atoms with Crippen molar-refractivity contribution < 1.29 is 13.2 Å². The zero-order valence-electron chi connectivity index (χ0n) is 10.8. The number of sulfonamides is 1. The molecule has 0 saturated carbocycles. The number of rotatable bonds is 3. The van der Waals surface area contributed by atoms with Crippen molar-refractivity contribution in [1.29, 1.82) is 0 Å². The van der Waals surface area contributed by atoms with Crippen LogP contribution in [-0.4, -0.2) is 36.6 Å². The van der Waals surface area contributed by atoms with Crippen LogP contribution in [0.4, 0.5) is 0 Å². The number of nitrogens with one attached hydrogen (secondary N) is 1. The summed E-state index contributed by atoms with van der Waals surface area (Å²) in [5.74, 6) is 0. The molecule has 2 aromatic rings. The molecule has 0 spiro atoms.